The van der Waals surface area contributed by atoms with Crippen LogP contribution >= 0.6 is 44.3 Å². The first-order chi connectivity index (χ1) is 8.19. The maximum Gasteiger partial charge on any atom is 0.0320 e. The molecule has 1 aliphatic rings. The number of piperidine rings is 1. The van der Waals surface area contributed by atoms with Crippen LogP contribution in [0.1, 0.15) is 18.4 Å². The van der Waals surface area contributed by atoms with Crippen molar-refractivity contribution in [2.45, 2.75) is 25.4 Å². The molecule has 0 aromatic heterocycles. The summed E-state index contributed by atoms with van der Waals surface area (Å²) in [4.78, 5) is 2.53. The Morgan fingerprint density at radius 1 is 1.22 bits per heavy atom. The zero-order valence-electron chi connectivity index (χ0n) is 10.5. The summed E-state index contributed by atoms with van der Waals surface area (Å²) in [5.74, 6) is 0. The minimum atomic E-state index is 0. The zero-order chi connectivity index (χ0) is 12.3. The van der Waals surface area contributed by atoms with Crippen LogP contribution in [0.4, 0.5) is 0 Å². The Bertz CT molecular complexity index is 379. The molecule has 0 aliphatic carbocycles. The van der Waals surface area contributed by atoms with E-state index in [0.717, 1.165) is 15.5 Å². The van der Waals surface area contributed by atoms with Crippen LogP contribution < -0.4 is 5.32 Å². The van der Waals surface area contributed by atoms with Crippen molar-refractivity contribution in [3.8, 4) is 0 Å². The van der Waals surface area contributed by atoms with Gasteiger partial charge in [0.1, 0.15) is 0 Å². The topological polar surface area (TPSA) is 15.3 Å². The predicted octanol–water partition coefficient (Wildman–Crippen LogP) is 3.82. The number of nitrogens with zero attached hydrogens (tertiary/aromatic N) is 1. The van der Waals surface area contributed by atoms with E-state index in [4.69, 9.17) is 0 Å². The molecule has 0 radical (unpaired) electrons. The first-order valence-corrected chi connectivity index (χ1v) is 7.61. The minimum absolute atomic E-state index is 0. The molecule has 2 rings (SSSR count). The quantitative estimate of drug-likeness (QED) is 0.833. The lowest BCUT2D eigenvalue weighted by atomic mass is 10.0. The first kappa shape index (κ1) is 16.4. The molecule has 102 valence electrons. The largest absolute Gasteiger partial charge is 0.317 e. The highest BCUT2D eigenvalue weighted by molar-refractivity contribution is 9.13. The van der Waals surface area contributed by atoms with Gasteiger partial charge in [0.15, 0.2) is 0 Å². The Kier molecular flexibility index (Phi) is 7.17. The van der Waals surface area contributed by atoms with Crippen molar-refractivity contribution in [2.24, 2.45) is 0 Å². The number of likely N-dealkylation sites (tertiary alicyclic amines) is 1. The summed E-state index contributed by atoms with van der Waals surface area (Å²) in [5.41, 5.74) is 1.38. The van der Waals surface area contributed by atoms with Gasteiger partial charge in [0.05, 0.1) is 0 Å². The summed E-state index contributed by atoms with van der Waals surface area (Å²) in [6.07, 6.45) is 2.52. The van der Waals surface area contributed by atoms with Crippen LogP contribution in [0.5, 0.6) is 0 Å². The third-order valence-electron chi connectivity index (χ3n) is 3.39. The number of hydrogen-bond donors (Lipinski definition) is 1. The molecule has 1 fully saturated rings. The molecular formula is C13H19Br2ClN2. The van der Waals surface area contributed by atoms with Crippen LogP contribution in [0, 0.1) is 0 Å². The van der Waals surface area contributed by atoms with E-state index < -0.39 is 0 Å². The van der Waals surface area contributed by atoms with Crippen molar-refractivity contribution in [2.75, 3.05) is 20.1 Å². The third kappa shape index (κ3) is 4.49. The number of nitrogens with one attached hydrogen (secondary N) is 1. The van der Waals surface area contributed by atoms with Crippen molar-refractivity contribution in [3.05, 3.63) is 32.7 Å². The van der Waals surface area contributed by atoms with Crippen molar-refractivity contribution in [1.29, 1.82) is 0 Å². The predicted molar refractivity (Wildman–Crippen MR) is 86.4 cm³/mol. The summed E-state index contributed by atoms with van der Waals surface area (Å²) < 4.78 is 2.26. The fourth-order valence-corrected chi connectivity index (χ4v) is 2.95. The molecule has 1 heterocycles. The van der Waals surface area contributed by atoms with E-state index >= 15 is 0 Å². The second-order valence-electron chi connectivity index (χ2n) is 4.59. The van der Waals surface area contributed by atoms with Crippen LogP contribution in [0.3, 0.4) is 0 Å². The molecule has 2 nitrogen and oxygen atoms in total. The number of halogens is 3. The lowest BCUT2D eigenvalue weighted by molar-refractivity contribution is 0.194. The fraction of sp³-hybridized carbons (Fsp3) is 0.538. The van der Waals surface area contributed by atoms with E-state index in [0.29, 0.717) is 6.04 Å². The Balaban J connectivity index is 0.00000162. The Morgan fingerprint density at radius 2 is 1.89 bits per heavy atom. The summed E-state index contributed by atoms with van der Waals surface area (Å²) >= 11 is 7.06. The maximum absolute atomic E-state index is 3.56. The molecule has 0 amide bonds. The highest BCUT2D eigenvalue weighted by Crippen LogP contribution is 2.24. The van der Waals surface area contributed by atoms with Gasteiger partial charge in [0.25, 0.3) is 0 Å². The molecule has 0 bridgehead atoms. The number of benzene rings is 1. The Labute approximate surface area is 132 Å². The van der Waals surface area contributed by atoms with Crippen molar-refractivity contribution in [3.63, 3.8) is 0 Å². The highest BCUT2D eigenvalue weighted by atomic mass is 79.9. The molecule has 1 saturated heterocycles. The van der Waals surface area contributed by atoms with Crippen LogP contribution in [-0.4, -0.2) is 31.1 Å². The Hall–Kier alpha value is 0.390. The van der Waals surface area contributed by atoms with Gasteiger partial charge < -0.3 is 5.32 Å². The normalized spacial score (nSPS) is 17.5. The second-order valence-corrected chi connectivity index (χ2v) is 6.30. The van der Waals surface area contributed by atoms with Gasteiger partial charge in [-0.15, -0.1) is 12.4 Å². The molecule has 1 aliphatic heterocycles. The van der Waals surface area contributed by atoms with Gasteiger partial charge in [0, 0.05) is 21.5 Å². The average Bonchev–Trinajstić information content (AvgIpc) is 2.35. The van der Waals surface area contributed by atoms with Crippen LogP contribution in [0.2, 0.25) is 0 Å². The summed E-state index contributed by atoms with van der Waals surface area (Å²) in [5, 5.41) is 3.36. The van der Waals surface area contributed by atoms with Gasteiger partial charge in [-0.1, -0.05) is 6.07 Å². The second kappa shape index (κ2) is 7.85. The van der Waals surface area contributed by atoms with Gasteiger partial charge in [-0.25, -0.2) is 0 Å². The van der Waals surface area contributed by atoms with Crippen LogP contribution in [0.15, 0.2) is 27.1 Å². The van der Waals surface area contributed by atoms with Gasteiger partial charge >= 0.3 is 0 Å². The van der Waals surface area contributed by atoms with E-state index in [1.54, 1.807) is 0 Å². The van der Waals surface area contributed by atoms with Crippen LogP contribution in [-0.2, 0) is 6.54 Å². The summed E-state index contributed by atoms with van der Waals surface area (Å²) in [6.45, 7) is 3.45. The molecule has 0 unspecified atom stereocenters. The van der Waals surface area contributed by atoms with Gasteiger partial charge in [0.2, 0.25) is 0 Å². The van der Waals surface area contributed by atoms with E-state index in [2.05, 4.69) is 67.3 Å². The molecule has 0 saturated carbocycles. The monoisotopic (exact) mass is 396 g/mol. The van der Waals surface area contributed by atoms with Gasteiger partial charge in [-0.3, -0.25) is 4.90 Å². The summed E-state index contributed by atoms with van der Waals surface area (Å²) in [7, 11) is 2.06. The molecule has 1 aromatic carbocycles. The maximum atomic E-state index is 3.56. The van der Waals surface area contributed by atoms with Crippen molar-refractivity contribution >= 4 is 44.3 Å². The summed E-state index contributed by atoms with van der Waals surface area (Å²) in [6, 6.07) is 7.22. The van der Waals surface area contributed by atoms with E-state index in [9.17, 15) is 0 Å². The van der Waals surface area contributed by atoms with E-state index in [-0.39, 0.29) is 12.4 Å². The highest BCUT2D eigenvalue weighted by Gasteiger charge is 2.17. The molecule has 5 heteroatoms. The molecule has 1 aromatic rings. The average molecular weight is 399 g/mol. The third-order valence-corrected chi connectivity index (χ3v) is 5.27. The Morgan fingerprint density at radius 3 is 2.44 bits per heavy atom. The molecular weight excluding hydrogens is 379 g/mol. The van der Waals surface area contributed by atoms with Crippen molar-refractivity contribution < 1.29 is 0 Å². The number of rotatable bonds is 3. The lowest BCUT2D eigenvalue weighted by Crippen LogP contribution is -2.40. The van der Waals surface area contributed by atoms with E-state index in [1.165, 1.54) is 31.5 Å². The molecule has 18 heavy (non-hydrogen) atoms. The SMILES string of the molecule is CNC1CCN(Cc2ccc(Br)c(Br)c2)CC1.Cl. The smallest absolute Gasteiger partial charge is 0.0320 e. The van der Waals surface area contributed by atoms with Crippen LogP contribution in [0.25, 0.3) is 0 Å². The zero-order valence-corrected chi connectivity index (χ0v) is 14.4. The van der Waals surface area contributed by atoms with Crippen molar-refractivity contribution in [1.82, 2.24) is 10.2 Å². The first-order valence-electron chi connectivity index (χ1n) is 6.02. The molecule has 0 atom stereocenters. The lowest BCUT2D eigenvalue weighted by Gasteiger charge is -2.31. The fourth-order valence-electron chi connectivity index (χ4n) is 2.28. The molecule has 1 N–H and O–H groups in total. The standard InChI is InChI=1S/C13H18Br2N2.ClH/c1-16-11-4-6-17(7-5-11)9-10-2-3-12(14)13(15)8-10;/h2-3,8,11,16H,4-7,9H2,1H3;1H. The number of hydrogen-bond acceptors (Lipinski definition) is 2. The van der Waals surface area contributed by atoms with Gasteiger partial charge in [-0.05, 0) is 82.5 Å². The molecule has 0 spiro atoms. The van der Waals surface area contributed by atoms with Gasteiger partial charge in [-0.2, -0.15) is 0 Å². The van der Waals surface area contributed by atoms with E-state index in [1.807, 2.05) is 0 Å². The minimum Gasteiger partial charge on any atom is -0.317 e.